The highest BCUT2D eigenvalue weighted by atomic mass is 35.5. The number of benzene rings is 1. The first-order valence-corrected chi connectivity index (χ1v) is 5.87. The van der Waals surface area contributed by atoms with E-state index < -0.39 is 0 Å². The molecule has 0 bridgehead atoms. The molecule has 1 aromatic carbocycles. The number of nitrogens with zero attached hydrogens (tertiary/aromatic N) is 4. The van der Waals surface area contributed by atoms with Crippen LogP contribution in [0.25, 0.3) is 16.7 Å². The van der Waals surface area contributed by atoms with E-state index in [1.54, 1.807) is 16.5 Å². The third-order valence-corrected chi connectivity index (χ3v) is 3.46. The number of rotatable bonds is 0. The van der Waals surface area contributed by atoms with Gasteiger partial charge in [-0.3, -0.25) is 4.40 Å². The minimum Gasteiger partial charge on any atom is -0.275 e. The first-order chi connectivity index (χ1) is 8.08. The second-order valence-electron chi connectivity index (χ2n) is 3.56. The Hall–Kier alpha value is -1.10. The van der Waals surface area contributed by atoms with Gasteiger partial charge in [0, 0.05) is 0 Å². The van der Waals surface area contributed by atoms with Crippen LogP contribution in [0.5, 0.6) is 0 Å². The average Bonchev–Trinajstić information content (AvgIpc) is 2.65. The van der Waals surface area contributed by atoms with Crippen molar-refractivity contribution < 1.29 is 0 Å². The maximum atomic E-state index is 6.03. The summed E-state index contributed by atoms with van der Waals surface area (Å²) in [6.07, 6.45) is 0. The fourth-order valence-corrected chi connectivity index (χ4v) is 2.26. The first-order valence-electron chi connectivity index (χ1n) is 4.74. The number of hydrogen-bond acceptors (Lipinski definition) is 3. The van der Waals surface area contributed by atoms with Gasteiger partial charge in [0.05, 0.1) is 21.1 Å². The van der Waals surface area contributed by atoms with E-state index in [9.17, 15) is 0 Å². The molecule has 0 saturated carbocycles. The maximum absolute atomic E-state index is 6.03. The molecule has 0 saturated heterocycles. The predicted molar refractivity (Wildman–Crippen MR) is 68.1 cm³/mol. The van der Waals surface area contributed by atoms with Crippen LogP contribution in [0, 0.1) is 6.92 Å². The van der Waals surface area contributed by atoms with Crippen molar-refractivity contribution in [1.29, 1.82) is 0 Å². The van der Waals surface area contributed by atoms with E-state index in [1.807, 2.05) is 6.92 Å². The summed E-state index contributed by atoms with van der Waals surface area (Å²) in [5.41, 5.74) is 1.94. The zero-order valence-electron chi connectivity index (χ0n) is 8.58. The molecule has 0 radical (unpaired) electrons. The van der Waals surface area contributed by atoms with Crippen molar-refractivity contribution in [2.24, 2.45) is 0 Å². The lowest BCUT2D eigenvalue weighted by molar-refractivity contribution is 1.02. The van der Waals surface area contributed by atoms with Crippen LogP contribution in [0.4, 0.5) is 0 Å². The van der Waals surface area contributed by atoms with E-state index in [0.29, 0.717) is 27.0 Å². The van der Waals surface area contributed by atoms with Crippen molar-refractivity contribution >= 4 is 51.5 Å². The van der Waals surface area contributed by atoms with Gasteiger partial charge in [-0.2, -0.15) is 0 Å². The number of halogens is 3. The highest BCUT2D eigenvalue weighted by Gasteiger charge is 2.13. The van der Waals surface area contributed by atoms with Crippen molar-refractivity contribution in [2.75, 3.05) is 0 Å². The zero-order valence-corrected chi connectivity index (χ0v) is 10.8. The molecule has 0 atom stereocenters. The molecule has 3 rings (SSSR count). The number of fused-ring (bicyclic) bond motifs is 3. The van der Waals surface area contributed by atoms with Crippen LogP contribution in [0.3, 0.4) is 0 Å². The zero-order chi connectivity index (χ0) is 12.2. The minimum absolute atomic E-state index is 0.288. The monoisotopic (exact) mass is 286 g/mol. The van der Waals surface area contributed by atoms with E-state index in [4.69, 9.17) is 34.8 Å². The molecule has 86 valence electrons. The molecule has 0 unspecified atom stereocenters. The van der Waals surface area contributed by atoms with E-state index >= 15 is 0 Å². The molecular weight excluding hydrogens is 282 g/mol. The topological polar surface area (TPSA) is 43.1 Å². The van der Waals surface area contributed by atoms with Gasteiger partial charge in [-0.25, -0.2) is 4.98 Å². The fraction of sp³-hybridized carbons (Fsp3) is 0.100. The molecule has 0 aliphatic rings. The Kier molecular flexibility index (Phi) is 2.40. The lowest BCUT2D eigenvalue weighted by Crippen LogP contribution is -1.95. The molecule has 2 heterocycles. The second-order valence-corrected chi connectivity index (χ2v) is 4.74. The highest BCUT2D eigenvalue weighted by molar-refractivity contribution is 6.42. The normalized spacial score (nSPS) is 11.5. The maximum Gasteiger partial charge on any atom is 0.199 e. The minimum atomic E-state index is 0.288. The summed E-state index contributed by atoms with van der Waals surface area (Å²) in [5.74, 6) is 0.715. The summed E-state index contributed by atoms with van der Waals surface area (Å²) < 4.78 is 1.80. The van der Waals surface area contributed by atoms with E-state index in [0.717, 1.165) is 5.52 Å². The summed E-state index contributed by atoms with van der Waals surface area (Å²) in [4.78, 5) is 4.22. The van der Waals surface area contributed by atoms with Crippen LogP contribution in [-0.2, 0) is 0 Å². The van der Waals surface area contributed by atoms with Gasteiger partial charge in [-0.15, -0.1) is 10.2 Å². The molecule has 17 heavy (non-hydrogen) atoms. The lowest BCUT2D eigenvalue weighted by Gasteiger charge is -2.05. The molecule has 0 N–H and O–H groups in total. The molecule has 0 aliphatic carbocycles. The van der Waals surface area contributed by atoms with Crippen LogP contribution < -0.4 is 0 Å². The van der Waals surface area contributed by atoms with Crippen molar-refractivity contribution in [3.8, 4) is 0 Å². The molecule has 3 aromatic rings. The van der Waals surface area contributed by atoms with Gasteiger partial charge < -0.3 is 0 Å². The predicted octanol–water partition coefficient (Wildman–Crippen LogP) is 3.55. The Labute approximate surface area is 111 Å². The molecule has 0 aliphatic heterocycles. The number of hydrogen-bond donors (Lipinski definition) is 0. The Morgan fingerprint density at radius 3 is 2.53 bits per heavy atom. The van der Waals surface area contributed by atoms with Gasteiger partial charge in [-0.05, 0) is 19.1 Å². The summed E-state index contributed by atoms with van der Waals surface area (Å²) in [5, 5.41) is 9.12. The van der Waals surface area contributed by atoms with Crippen molar-refractivity contribution in [3.05, 3.63) is 33.2 Å². The summed E-state index contributed by atoms with van der Waals surface area (Å²) in [6, 6.07) is 3.40. The van der Waals surface area contributed by atoms with Crippen LogP contribution in [0.15, 0.2) is 12.1 Å². The third kappa shape index (κ3) is 1.56. The van der Waals surface area contributed by atoms with Gasteiger partial charge in [0.2, 0.25) is 0 Å². The summed E-state index contributed by atoms with van der Waals surface area (Å²) in [7, 11) is 0. The largest absolute Gasteiger partial charge is 0.275 e. The summed E-state index contributed by atoms with van der Waals surface area (Å²) >= 11 is 18.0. The van der Waals surface area contributed by atoms with E-state index in [2.05, 4.69) is 15.2 Å². The van der Waals surface area contributed by atoms with Crippen molar-refractivity contribution in [3.63, 3.8) is 0 Å². The molecule has 0 amide bonds. The highest BCUT2D eigenvalue weighted by Crippen LogP contribution is 2.29. The Morgan fingerprint density at radius 2 is 1.76 bits per heavy atom. The first kappa shape index (κ1) is 11.0. The van der Waals surface area contributed by atoms with Gasteiger partial charge in [-0.1, -0.05) is 34.8 Å². The smallest absolute Gasteiger partial charge is 0.199 e. The van der Waals surface area contributed by atoms with Crippen LogP contribution >= 0.6 is 34.8 Å². The molecule has 4 nitrogen and oxygen atoms in total. The number of aryl methyl sites for hydroxylation is 1. The standard InChI is InChI=1S/C10H5Cl3N4/c1-4-15-16-10-9(13)14-7-2-5(11)6(12)3-8(7)17(4)10/h2-3H,1H3. The molecule has 0 spiro atoms. The molecular formula is C10H5Cl3N4. The van der Waals surface area contributed by atoms with Crippen LogP contribution in [0.1, 0.15) is 5.82 Å². The Bertz CT molecular complexity index is 750. The SMILES string of the molecule is Cc1nnc2c(Cl)nc3cc(Cl)c(Cl)cc3n12. The molecule has 0 fully saturated rings. The summed E-state index contributed by atoms with van der Waals surface area (Å²) in [6.45, 7) is 1.83. The van der Waals surface area contributed by atoms with Crippen LogP contribution in [-0.4, -0.2) is 19.6 Å². The van der Waals surface area contributed by atoms with Gasteiger partial charge in [0.1, 0.15) is 5.82 Å². The Balaban J connectivity index is 2.62. The van der Waals surface area contributed by atoms with Crippen LogP contribution in [0.2, 0.25) is 15.2 Å². The molecule has 2 aromatic heterocycles. The van der Waals surface area contributed by atoms with Gasteiger partial charge >= 0.3 is 0 Å². The van der Waals surface area contributed by atoms with Crippen molar-refractivity contribution in [1.82, 2.24) is 19.6 Å². The van der Waals surface area contributed by atoms with Gasteiger partial charge in [0.25, 0.3) is 0 Å². The second kappa shape index (κ2) is 3.70. The lowest BCUT2D eigenvalue weighted by atomic mass is 10.3. The van der Waals surface area contributed by atoms with Crippen molar-refractivity contribution in [2.45, 2.75) is 6.92 Å². The van der Waals surface area contributed by atoms with E-state index in [1.165, 1.54) is 0 Å². The average molecular weight is 288 g/mol. The Morgan fingerprint density at radius 1 is 1.06 bits per heavy atom. The quantitative estimate of drug-likeness (QED) is 0.635. The van der Waals surface area contributed by atoms with Gasteiger partial charge in [0.15, 0.2) is 10.8 Å². The van der Waals surface area contributed by atoms with E-state index in [-0.39, 0.29) is 5.15 Å². The third-order valence-electron chi connectivity index (χ3n) is 2.49. The fourth-order valence-electron chi connectivity index (χ4n) is 1.73. The molecule has 7 heteroatoms. The number of aromatic nitrogens is 4.